The summed E-state index contributed by atoms with van der Waals surface area (Å²) in [4.78, 5) is 16.8. The fourth-order valence-electron chi connectivity index (χ4n) is 2.55. The average Bonchev–Trinajstić information content (AvgIpc) is 3.40. The lowest BCUT2D eigenvalue weighted by molar-refractivity contribution is 0.0959. The Balaban J connectivity index is 1.65. The second-order valence-corrected chi connectivity index (χ2v) is 6.58. The molecule has 3 heterocycles. The molecule has 1 N–H and O–H groups in total. The number of thiophene rings is 1. The predicted molar refractivity (Wildman–Crippen MR) is 106 cm³/mol. The van der Waals surface area contributed by atoms with Crippen LogP contribution in [0.25, 0.3) is 16.9 Å². The van der Waals surface area contributed by atoms with Gasteiger partial charge in [0.15, 0.2) is 0 Å². The van der Waals surface area contributed by atoms with Gasteiger partial charge in [-0.1, -0.05) is 24.3 Å². The summed E-state index contributed by atoms with van der Waals surface area (Å²) in [5, 5.41) is 10.6. The average molecular weight is 373 g/mol. The summed E-state index contributed by atoms with van der Waals surface area (Å²) in [6, 6.07) is 17.2. The van der Waals surface area contributed by atoms with Crippen LogP contribution in [0, 0.1) is 0 Å². The van der Waals surface area contributed by atoms with Gasteiger partial charge in [0.25, 0.3) is 5.91 Å². The highest BCUT2D eigenvalue weighted by Crippen LogP contribution is 2.21. The molecule has 3 aromatic heterocycles. The molecule has 0 saturated heterocycles. The zero-order chi connectivity index (χ0) is 18.5. The van der Waals surface area contributed by atoms with E-state index in [0.29, 0.717) is 4.88 Å². The number of carbonyl (C=O) groups is 1. The van der Waals surface area contributed by atoms with Crippen LogP contribution in [0.15, 0.2) is 83.7 Å². The van der Waals surface area contributed by atoms with Crippen LogP contribution >= 0.6 is 11.3 Å². The number of nitrogens with one attached hydrogen (secondary N) is 1. The largest absolute Gasteiger partial charge is 0.281 e. The summed E-state index contributed by atoms with van der Waals surface area (Å²) in [5.41, 5.74) is 5.87. The number of hydrogen-bond donors (Lipinski definition) is 1. The molecule has 0 atom stereocenters. The Labute approximate surface area is 159 Å². The summed E-state index contributed by atoms with van der Waals surface area (Å²) in [6.45, 7) is 0. The zero-order valence-electron chi connectivity index (χ0n) is 14.2. The van der Waals surface area contributed by atoms with E-state index in [1.165, 1.54) is 11.3 Å². The van der Waals surface area contributed by atoms with E-state index in [-0.39, 0.29) is 5.91 Å². The Morgan fingerprint density at radius 3 is 2.74 bits per heavy atom. The molecule has 7 heteroatoms. The lowest BCUT2D eigenvalue weighted by atomic mass is 10.1. The number of hydrogen-bond acceptors (Lipinski definition) is 5. The fraction of sp³-hybridized carbons (Fsp3) is 0. The first kappa shape index (κ1) is 16.9. The monoisotopic (exact) mass is 373 g/mol. The van der Waals surface area contributed by atoms with Crippen molar-refractivity contribution < 1.29 is 4.79 Å². The maximum absolute atomic E-state index is 12.0. The lowest BCUT2D eigenvalue weighted by Crippen LogP contribution is -2.16. The minimum Gasteiger partial charge on any atom is -0.266 e. The molecule has 1 amide bonds. The first-order valence-electron chi connectivity index (χ1n) is 8.23. The third-order valence-electron chi connectivity index (χ3n) is 3.81. The predicted octanol–water partition coefficient (Wildman–Crippen LogP) is 3.76. The molecule has 6 nitrogen and oxygen atoms in total. The van der Waals surface area contributed by atoms with E-state index in [1.54, 1.807) is 29.4 Å². The van der Waals surface area contributed by atoms with Gasteiger partial charge in [-0.15, -0.1) is 11.3 Å². The van der Waals surface area contributed by atoms with Crippen molar-refractivity contribution in [3.8, 4) is 16.9 Å². The normalized spacial score (nSPS) is 11.0. The van der Waals surface area contributed by atoms with Gasteiger partial charge in [-0.05, 0) is 35.7 Å². The van der Waals surface area contributed by atoms with Crippen molar-refractivity contribution in [1.82, 2.24) is 20.2 Å². The summed E-state index contributed by atoms with van der Waals surface area (Å²) < 4.78 is 1.78. The molecule has 0 saturated carbocycles. The molecule has 0 aliphatic rings. The van der Waals surface area contributed by atoms with Crippen LogP contribution in [0.4, 0.5) is 0 Å². The van der Waals surface area contributed by atoms with Gasteiger partial charge < -0.3 is 0 Å². The second kappa shape index (κ2) is 7.76. The number of hydrazone groups is 1. The smallest absolute Gasteiger partial charge is 0.266 e. The van der Waals surface area contributed by atoms with Crippen LogP contribution in [-0.2, 0) is 0 Å². The van der Waals surface area contributed by atoms with Crippen LogP contribution in [0.2, 0.25) is 0 Å². The number of nitrogens with zero attached hydrogens (tertiary/aromatic N) is 4. The van der Waals surface area contributed by atoms with Crippen LogP contribution in [-0.4, -0.2) is 26.9 Å². The minimum absolute atomic E-state index is 0.236. The first-order valence-corrected chi connectivity index (χ1v) is 9.11. The Hall–Kier alpha value is -3.58. The zero-order valence-corrected chi connectivity index (χ0v) is 15.0. The van der Waals surface area contributed by atoms with Crippen molar-refractivity contribution >= 4 is 23.5 Å². The third kappa shape index (κ3) is 3.83. The SMILES string of the molecule is O=C(NN=Cc1cn(-c2ccccc2)nc1-c1cccnc1)c1cccs1. The van der Waals surface area contributed by atoms with E-state index in [1.807, 2.05) is 60.1 Å². The molecule has 27 heavy (non-hydrogen) atoms. The minimum atomic E-state index is -0.236. The molecule has 0 aliphatic heterocycles. The van der Waals surface area contributed by atoms with Crippen LogP contribution < -0.4 is 5.43 Å². The maximum atomic E-state index is 12.0. The van der Waals surface area contributed by atoms with Gasteiger partial charge in [-0.25, -0.2) is 10.1 Å². The van der Waals surface area contributed by atoms with Gasteiger partial charge in [-0.3, -0.25) is 9.78 Å². The summed E-state index contributed by atoms with van der Waals surface area (Å²) in [7, 11) is 0. The molecule has 0 aliphatic carbocycles. The molecule has 0 unspecified atom stereocenters. The summed E-state index contributed by atoms with van der Waals surface area (Å²) in [5.74, 6) is -0.236. The molecule has 132 valence electrons. The van der Waals surface area contributed by atoms with E-state index < -0.39 is 0 Å². The highest BCUT2D eigenvalue weighted by molar-refractivity contribution is 7.12. The van der Waals surface area contributed by atoms with E-state index >= 15 is 0 Å². The van der Waals surface area contributed by atoms with Crippen molar-refractivity contribution in [3.63, 3.8) is 0 Å². The van der Waals surface area contributed by atoms with Gasteiger partial charge in [0.05, 0.1) is 16.8 Å². The van der Waals surface area contributed by atoms with Crippen molar-refractivity contribution in [2.75, 3.05) is 0 Å². The van der Waals surface area contributed by atoms with Crippen LogP contribution in [0.3, 0.4) is 0 Å². The Kier molecular flexibility index (Phi) is 4.84. The maximum Gasteiger partial charge on any atom is 0.281 e. The molecule has 4 rings (SSSR count). The number of amides is 1. The quantitative estimate of drug-likeness (QED) is 0.428. The highest BCUT2D eigenvalue weighted by atomic mass is 32.1. The van der Waals surface area contributed by atoms with Gasteiger partial charge in [0.1, 0.15) is 5.69 Å². The summed E-state index contributed by atoms with van der Waals surface area (Å²) in [6.07, 6.45) is 6.94. The first-order chi connectivity index (χ1) is 13.3. The standard InChI is InChI=1S/C20H15N5OS/c26-20(18-9-5-11-27-18)23-22-13-16-14-25(17-7-2-1-3-8-17)24-19(16)15-6-4-10-21-12-15/h1-14H,(H,23,26). The van der Waals surface area contributed by atoms with E-state index in [2.05, 4.69) is 20.6 Å². The number of carbonyl (C=O) groups excluding carboxylic acids is 1. The summed E-state index contributed by atoms with van der Waals surface area (Å²) >= 11 is 1.37. The number of pyridine rings is 1. The van der Waals surface area contributed by atoms with E-state index in [9.17, 15) is 4.79 Å². The molecular weight excluding hydrogens is 358 g/mol. The Morgan fingerprint density at radius 1 is 1.11 bits per heavy atom. The van der Waals surface area contributed by atoms with Crippen LogP contribution in [0.5, 0.6) is 0 Å². The Bertz CT molecular complexity index is 1060. The van der Waals surface area contributed by atoms with Crippen molar-refractivity contribution in [2.45, 2.75) is 0 Å². The van der Waals surface area contributed by atoms with E-state index in [4.69, 9.17) is 0 Å². The molecule has 0 fully saturated rings. The molecule has 4 aromatic rings. The number of para-hydroxylation sites is 1. The van der Waals surface area contributed by atoms with Gasteiger partial charge in [-0.2, -0.15) is 10.2 Å². The second-order valence-electron chi connectivity index (χ2n) is 5.63. The van der Waals surface area contributed by atoms with Gasteiger partial charge in [0, 0.05) is 29.7 Å². The molecule has 1 aromatic carbocycles. The van der Waals surface area contributed by atoms with Gasteiger partial charge in [0.2, 0.25) is 0 Å². The fourth-order valence-corrected chi connectivity index (χ4v) is 3.16. The number of benzene rings is 1. The third-order valence-corrected chi connectivity index (χ3v) is 4.68. The Morgan fingerprint density at radius 2 is 2.00 bits per heavy atom. The lowest BCUT2D eigenvalue weighted by Gasteiger charge is -1.99. The highest BCUT2D eigenvalue weighted by Gasteiger charge is 2.11. The number of aromatic nitrogens is 3. The van der Waals surface area contributed by atoms with Crippen LogP contribution in [0.1, 0.15) is 15.2 Å². The molecule has 0 bridgehead atoms. The van der Waals surface area contributed by atoms with Crippen molar-refractivity contribution in [2.24, 2.45) is 5.10 Å². The molecular formula is C20H15N5OS. The van der Waals surface area contributed by atoms with Gasteiger partial charge >= 0.3 is 0 Å². The molecule has 0 radical (unpaired) electrons. The molecule has 0 spiro atoms. The van der Waals surface area contributed by atoms with Crippen molar-refractivity contribution in [3.05, 3.63) is 89.0 Å². The van der Waals surface area contributed by atoms with Crippen molar-refractivity contribution in [1.29, 1.82) is 0 Å². The van der Waals surface area contributed by atoms with E-state index in [0.717, 1.165) is 22.5 Å². The number of rotatable bonds is 5. The topological polar surface area (TPSA) is 72.2 Å².